The van der Waals surface area contributed by atoms with Crippen molar-refractivity contribution in [3.05, 3.63) is 0 Å². The van der Waals surface area contributed by atoms with E-state index in [0.29, 0.717) is 6.54 Å². The van der Waals surface area contributed by atoms with Crippen LogP contribution in [0.4, 0.5) is 4.79 Å². The Labute approximate surface area is 111 Å². The summed E-state index contributed by atoms with van der Waals surface area (Å²) in [6, 6.07) is -0.297. The molecule has 1 heterocycles. The first-order chi connectivity index (χ1) is 8.59. The van der Waals surface area contributed by atoms with Crippen LogP contribution in [0.1, 0.15) is 6.92 Å². The van der Waals surface area contributed by atoms with E-state index in [9.17, 15) is 9.59 Å². The molecule has 0 spiro atoms. The fraction of sp³-hybridized carbons (Fsp3) is 0.818. The maximum atomic E-state index is 11.4. The number of carbonyl (C=O) groups is 2. The van der Waals surface area contributed by atoms with E-state index in [4.69, 9.17) is 5.11 Å². The van der Waals surface area contributed by atoms with Crippen LogP contribution in [0.2, 0.25) is 0 Å². The first kappa shape index (κ1) is 15.1. The highest BCUT2D eigenvalue weighted by Gasteiger charge is 2.12. The van der Waals surface area contributed by atoms with Crippen molar-refractivity contribution in [2.45, 2.75) is 6.92 Å². The van der Waals surface area contributed by atoms with Crippen LogP contribution >= 0.6 is 11.8 Å². The number of hydrogen-bond donors (Lipinski definition) is 3. The molecule has 7 heteroatoms. The average molecular weight is 275 g/mol. The van der Waals surface area contributed by atoms with Gasteiger partial charge in [0.2, 0.25) is 0 Å². The zero-order valence-electron chi connectivity index (χ0n) is 10.6. The van der Waals surface area contributed by atoms with E-state index < -0.39 is 11.9 Å². The highest BCUT2D eigenvalue weighted by molar-refractivity contribution is 7.99. The summed E-state index contributed by atoms with van der Waals surface area (Å²) in [6.07, 6.45) is 0. The Morgan fingerprint density at radius 3 is 2.61 bits per heavy atom. The SMILES string of the molecule is CC(CNC(=O)NCCN1CCSCC1)C(=O)O. The summed E-state index contributed by atoms with van der Waals surface area (Å²) in [6.45, 7) is 5.31. The van der Waals surface area contributed by atoms with Gasteiger partial charge < -0.3 is 15.7 Å². The number of carbonyl (C=O) groups excluding carboxylic acids is 1. The minimum Gasteiger partial charge on any atom is -0.481 e. The number of nitrogens with zero attached hydrogens (tertiary/aromatic N) is 1. The zero-order valence-corrected chi connectivity index (χ0v) is 11.5. The number of carboxylic acids is 1. The molecule has 0 aromatic rings. The van der Waals surface area contributed by atoms with Crippen LogP contribution in [0.25, 0.3) is 0 Å². The lowest BCUT2D eigenvalue weighted by molar-refractivity contribution is -0.140. The number of amides is 2. The number of rotatable bonds is 6. The maximum absolute atomic E-state index is 11.4. The molecule has 1 aliphatic heterocycles. The molecule has 0 radical (unpaired) electrons. The standard InChI is InChI=1S/C11H21N3O3S/c1-9(10(15)16)8-13-11(17)12-2-3-14-4-6-18-7-5-14/h9H,2-8H2,1H3,(H,15,16)(H2,12,13,17). The molecule has 1 atom stereocenters. The fourth-order valence-electron chi connectivity index (χ4n) is 1.55. The van der Waals surface area contributed by atoms with Gasteiger partial charge in [0, 0.05) is 44.2 Å². The predicted octanol–water partition coefficient (Wildman–Crippen LogP) is 0.0551. The number of thioether (sulfide) groups is 1. The molecular formula is C11H21N3O3S. The lowest BCUT2D eigenvalue weighted by atomic mass is 10.2. The number of nitrogens with one attached hydrogen (secondary N) is 2. The quantitative estimate of drug-likeness (QED) is 0.638. The molecule has 1 unspecified atom stereocenters. The molecule has 0 saturated carbocycles. The summed E-state index contributed by atoms with van der Waals surface area (Å²) < 4.78 is 0. The van der Waals surface area contributed by atoms with Gasteiger partial charge in [0.15, 0.2) is 0 Å². The van der Waals surface area contributed by atoms with Crippen molar-refractivity contribution in [3.63, 3.8) is 0 Å². The molecule has 0 aromatic carbocycles. The van der Waals surface area contributed by atoms with Crippen molar-refractivity contribution in [2.24, 2.45) is 5.92 Å². The minimum absolute atomic E-state index is 0.154. The summed E-state index contributed by atoms with van der Waals surface area (Å²) in [7, 11) is 0. The molecule has 1 fully saturated rings. The van der Waals surface area contributed by atoms with Gasteiger partial charge in [-0.25, -0.2) is 4.79 Å². The van der Waals surface area contributed by atoms with Gasteiger partial charge in [-0.1, -0.05) is 6.92 Å². The Balaban J connectivity index is 2.04. The largest absolute Gasteiger partial charge is 0.481 e. The molecular weight excluding hydrogens is 254 g/mol. The molecule has 1 aliphatic rings. The summed E-state index contributed by atoms with van der Waals surface area (Å²) >= 11 is 1.96. The summed E-state index contributed by atoms with van der Waals surface area (Å²) in [5, 5.41) is 13.9. The Bertz CT molecular complexity index is 283. The number of urea groups is 1. The monoisotopic (exact) mass is 275 g/mol. The molecule has 0 aromatic heterocycles. The molecule has 3 N–H and O–H groups in total. The molecule has 6 nitrogen and oxygen atoms in total. The Hall–Kier alpha value is -0.950. The van der Waals surface area contributed by atoms with Crippen LogP contribution in [-0.2, 0) is 4.79 Å². The molecule has 104 valence electrons. The van der Waals surface area contributed by atoms with E-state index in [0.717, 1.165) is 31.1 Å². The van der Waals surface area contributed by atoms with Crippen LogP contribution in [0.15, 0.2) is 0 Å². The molecule has 0 aliphatic carbocycles. The van der Waals surface area contributed by atoms with E-state index in [1.54, 1.807) is 6.92 Å². The van der Waals surface area contributed by atoms with Gasteiger partial charge >= 0.3 is 12.0 Å². The first-order valence-electron chi connectivity index (χ1n) is 6.14. The Morgan fingerprint density at radius 1 is 1.33 bits per heavy atom. The Morgan fingerprint density at radius 2 is 2.00 bits per heavy atom. The average Bonchev–Trinajstić information content (AvgIpc) is 2.37. The lowest BCUT2D eigenvalue weighted by Crippen LogP contribution is -2.43. The van der Waals surface area contributed by atoms with Gasteiger partial charge in [-0.2, -0.15) is 11.8 Å². The molecule has 0 bridgehead atoms. The summed E-state index contributed by atoms with van der Waals surface area (Å²) in [5.74, 6) is 0.848. The number of hydrogen-bond acceptors (Lipinski definition) is 4. The maximum Gasteiger partial charge on any atom is 0.314 e. The molecule has 1 rings (SSSR count). The van der Waals surface area contributed by atoms with Crippen LogP contribution in [-0.4, -0.2) is 66.2 Å². The van der Waals surface area contributed by atoms with Crippen LogP contribution in [0.3, 0.4) is 0 Å². The van der Waals surface area contributed by atoms with Gasteiger partial charge in [0.25, 0.3) is 0 Å². The normalized spacial score (nSPS) is 18.1. The van der Waals surface area contributed by atoms with Crippen LogP contribution in [0, 0.1) is 5.92 Å². The minimum atomic E-state index is -0.902. The Kier molecular flexibility index (Phi) is 6.89. The van der Waals surface area contributed by atoms with Gasteiger partial charge in [-0.15, -0.1) is 0 Å². The second-order valence-electron chi connectivity index (χ2n) is 4.33. The summed E-state index contributed by atoms with van der Waals surface area (Å²) in [4.78, 5) is 24.2. The lowest BCUT2D eigenvalue weighted by Gasteiger charge is -2.26. The highest BCUT2D eigenvalue weighted by atomic mass is 32.2. The number of aliphatic carboxylic acids is 1. The highest BCUT2D eigenvalue weighted by Crippen LogP contribution is 2.07. The van der Waals surface area contributed by atoms with Crippen molar-refractivity contribution in [1.82, 2.24) is 15.5 Å². The predicted molar refractivity (Wildman–Crippen MR) is 72.0 cm³/mol. The van der Waals surface area contributed by atoms with Gasteiger partial charge in [0.05, 0.1) is 5.92 Å². The van der Waals surface area contributed by atoms with Crippen molar-refractivity contribution >= 4 is 23.8 Å². The first-order valence-corrected chi connectivity index (χ1v) is 7.29. The zero-order chi connectivity index (χ0) is 13.4. The third-order valence-corrected chi connectivity index (χ3v) is 3.75. The van der Waals surface area contributed by atoms with Crippen molar-refractivity contribution in [1.29, 1.82) is 0 Å². The topological polar surface area (TPSA) is 81.7 Å². The second-order valence-corrected chi connectivity index (χ2v) is 5.55. The molecule has 2 amide bonds. The van der Waals surface area contributed by atoms with Crippen molar-refractivity contribution in [3.8, 4) is 0 Å². The van der Waals surface area contributed by atoms with Gasteiger partial charge in [0.1, 0.15) is 0 Å². The third kappa shape index (κ3) is 6.11. The van der Waals surface area contributed by atoms with E-state index in [-0.39, 0.29) is 12.6 Å². The smallest absolute Gasteiger partial charge is 0.314 e. The van der Waals surface area contributed by atoms with Gasteiger partial charge in [-0.3, -0.25) is 9.69 Å². The third-order valence-electron chi connectivity index (χ3n) is 2.81. The molecule has 1 saturated heterocycles. The van der Waals surface area contributed by atoms with Crippen molar-refractivity contribution in [2.75, 3.05) is 44.2 Å². The van der Waals surface area contributed by atoms with E-state index in [2.05, 4.69) is 15.5 Å². The van der Waals surface area contributed by atoms with E-state index >= 15 is 0 Å². The van der Waals surface area contributed by atoms with Crippen molar-refractivity contribution < 1.29 is 14.7 Å². The van der Waals surface area contributed by atoms with Gasteiger partial charge in [-0.05, 0) is 0 Å². The number of carboxylic acid groups (broad SMARTS) is 1. The fourth-order valence-corrected chi connectivity index (χ4v) is 2.53. The van der Waals surface area contributed by atoms with E-state index in [1.165, 1.54) is 0 Å². The van der Waals surface area contributed by atoms with Crippen LogP contribution in [0.5, 0.6) is 0 Å². The van der Waals surface area contributed by atoms with Crippen LogP contribution < -0.4 is 10.6 Å². The second kappa shape index (κ2) is 8.20. The summed E-state index contributed by atoms with van der Waals surface area (Å²) in [5.41, 5.74) is 0. The molecule has 18 heavy (non-hydrogen) atoms. The van der Waals surface area contributed by atoms with E-state index in [1.807, 2.05) is 11.8 Å².